The van der Waals surface area contributed by atoms with Crippen LogP contribution in [0.1, 0.15) is 57.6 Å². The van der Waals surface area contributed by atoms with Crippen molar-refractivity contribution in [1.82, 2.24) is 20.1 Å². The first-order chi connectivity index (χ1) is 10.0. The van der Waals surface area contributed by atoms with E-state index in [2.05, 4.69) is 20.1 Å². The Morgan fingerprint density at radius 2 is 2.18 bits per heavy atom. The number of nitrogens with zero attached hydrogens (tertiary/aromatic N) is 3. The molecule has 1 unspecified atom stereocenters. The summed E-state index contributed by atoms with van der Waals surface area (Å²) >= 11 is 0. The second-order valence-electron chi connectivity index (χ2n) is 6.17. The smallest absolute Gasteiger partial charge is 0.239 e. The number of carbonyl (C=O) groups excluding carboxylic acids is 1. The minimum absolute atomic E-state index is 0. The predicted molar refractivity (Wildman–Crippen MR) is 89.0 cm³/mol. The summed E-state index contributed by atoms with van der Waals surface area (Å²) in [6.45, 7) is 5.49. The largest absolute Gasteiger partial charge is 0.355 e. The van der Waals surface area contributed by atoms with E-state index in [4.69, 9.17) is 5.73 Å². The van der Waals surface area contributed by atoms with Crippen LogP contribution in [0.3, 0.4) is 0 Å². The van der Waals surface area contributed by atoms with E-state index in [0.29, 0.717) is 13.0 Å². The van der Waals surface area contributed by atoms with E-state index in [1.807, 2.05) is 6.92 Å². The van der Waals surface area contributed by atoms with E-state index in [0.717, 1.165) is 43.9 Å². The van der Waals surface area contributed by atoms with Gasteiger partial charge in [0.1, 0.15) is 11.6 Å². The number of aryl methyl sites for hydroxylation is 2. The molecule has 22 heavy (non-hydrogen) atoms. The molecule has 0 fully saturated rings. The Bertz CT molecular complexity index is 486. The molecule has 0 saturated heterocycles. The van der Waals surface area contributed by atoms with Gasteiger partial charge in [0, 0.05) is 25.9 Å². The third kappa shape index (κ3) is 4.68. The number of hydrogen-bond donors (Lipinski definition) is 2. The van der Waals surface area contributed by atoms with Gasteiger partial charge in [0.05, 0.1) is 5.54 Å². The van der Waals surface area contributed by atoms with Gasteiger partial charge in [0.15, 0.2) is 0 Å². The molecule has 0 spiro atoms. The summed E-state index contributed by atoms with van der Waals surface area (Å²) in [5, 5.41) is 11.4. The van der Waals surface area contributed by atoms with Crippen molar-refractivity contribution >= 4 is 18.3 Å². The van der Waals surface area contributed by atoms with Gasteiger partial charge in [-0.1, -0.05) is 13.3 Å². The van der Waals surface area contributed by atoms with Crippen molar-refractivity contribution in [3.8, 4) is 0 Å². The van der Waals surface area contributed by atoms with E-state index in [-0.39, 0.29) is 18.3 Å². The van der Waals surface area contributed by atoms with E-state index < -0.39 is 5.54 Å². The molecule has 1 aromatic rings. The summed E-state index contributed by atoms with van der Waals surface area (Å²) in [5.41, 5.74) is 5.24. The van der Waals surface area contributed by atoms with Crippen molar-refractivity contribution in [2.75, 3.05) is 6.54 Å². The van der Waals surface area contributed by atoms with Crippen molar-refractivity contribution < 1.29 is 4.79 Å². The number of halogens is 1. The quantitative estimate of drug-likeness (QED) is 0.744. The fraction of sp³-hybridized carbons (Fsp3) is 0.800. The average molecular weight is 330 g/mol. The zero-order chi connectivity index (χ0) is 15.3. The first-order valence-electron chi connectivity index (χ1n) is 8.02. The van der Waals surface area contributed by atoms with Crippen LogP contribution in [-0.2, 0) is 24.2 Å². The van der Waals surface area contributed by atoms with Crippen LogP contribution in [0.2, 0.25) is 0 Å². The number of aromatic nitrogens is 3. The van der Waals surface area contributed by atoms with Crippen LogP contribution in [0.5, 0.6) is 0 Å². The maximum Gasteiger partial charge on any atom is 0.239 e. The molecule has 3 N–H and O–H groups in total. The Labute approximate surface area is 138 Å². The molecule has 1 amide bonds. The minimum Gasteiger partial charge on any atom is -0.355 e. The van der Waals surface area contributed by atoms with Gasteiger partial charge in [0.2, 0.25) is 5.91 Å². The molecule has 1 aromatic heterocycles. The second-order valence-corrected chi connectivity index (χ2v) is 6.17. The van der Waals surface area contributed by atoms with Crippen LogP contribution in [0, 0.1) is 0 Å². The van der Waals surface area contributed by atoms with E-state index in [1.54, 1.807) is 6.92 Å². The zero-order valence-electron chi connectivity index (χ0n) is 13.6. The number of carbonyl (C=O) groups is 1. The number of nitrogens with two attached hydrogens (primary N) is 1. The molecule has 1 aliphatic rings. The molecule has 2 heterocycles. The topological polar surface area (TPSA) is 85.8 Å². The Morgan fingerprint density at radius 3 is 2.91 bits per heavy atom. The Balaban J connectivity index is 0.00000242. The number of amides is 1. The van der Waals surface area contributed by atoms with Crippen LogP contribution in [0.4, 0.5) is 0 Å². The Morgan fingerprint density at radius 1 is 1.41 bits per heavy atom. The van der Waals surface area contributed by atoms with Crippen molar-refractivity contribution in [3.05, 3.63) is 11.6 Å². The van der Waals surface area contributed by atoms with Crippen LogP contribution in [0.15, 0.2) is 0 Å². The molecule has 6 nitrogen and oxygen atoms in total. The summed E-state index contributed by atoms with van der Waals surface area (Å²) in [6.07, 6.45) is 6.78. The molecule has 0 radical (unpaired) electrons. The summed E-state index contributed by atoms with van der Waals surface area (Å²) in [4.78, 5) is 12.0. The fourth-order valence-electron chi connectivity index (χ4n) is 2.84. The normalized spacial score (nSPS) is 16.3. The van der Waals surface area contributed by atoms with Crippen LogP contribution in [0.25, 0.3) is 0 Å². The predicted octanol–water partition coefficient (Wildman–Crippen LogP) is 1.60. The van der Waals surface area contributed by atoms with Gasteiger partial charge >= 0.3 is 0 Å². The molecule has 0 aromatic carbocycles. The number of rotatable bonds is 7. The van der Waals surface area contributed by atoms with Gasteiger partial charge in [-0.15, -0.1) is 22.6 Å². The first kappa shape index (κ1) is 18.9. The van der Waals surface area contributed by atoms with Gasteiger partial charge in [-0.2, -0.15) is 0 Å². The monoisotopic (exact) mass is 329 g/mol. The van der Waals surface area contributed by atoms with Crippen molar-refractivity contribution in [2.24, 2.45) is 5.73 Å². The highest BCUT2D eigenvalue weighted by Gasteiger charge is 2.26. The van der Waals surface area contributed by atoms with Crippen LogP contribution < -0.4 is 11.1 Å². The van der Waals surface area contributed by atoms with Crippen LogP contribution in [-0.4, -0.2) is 32.8 Å². The molecule has 126 valence electrons. The molecule has 0 aliphatic carbocycles. The van der Waals surface area contributed by atoms with Gasteiger partial charge in [-0.3, -0.25) is 4.79 Å². The standard InChI is InChI=1S/C15H27N5O.ClH/c1-3-9-15(2,16)14(21)17-10-6-8-13-19-18-12-7-4-5-11-20(12)13;/h3-11,16H2,1-2H3,(H,17,21);1H. The van der Waals surface area contributed by atoms with Crippen LogP contribution >= 0.6 is 12.4 Å². The van der Waals surface area contributed by atoms with Crippen molar-refractivity contribution in [2.45, 2.75) is 70.9 Å². The molecule has 1 aliphatic heterocycles. The summed E-state index contributed by atoms with van der Waals surface area (Å²) in [5.74, 6) is 2.09. The van der Waals surface area contributed by atoms with E-state index in [1.165, 1.54) is 12.8 Å². The SMILES string of the molecule is CCCC(C)(N)C(=O)NCCCc1nnc2n1CCCC2.Cl. The highest BCUT2D eigenvalue weighted by molar-refractivity contribution is 5.85. The highest BCUT2D eigenvalue weighted by atomic mass is 35.5. The lowest BCUT2D eigenvalue weighted by Crippen LogP contribution is -2.51. The Hall–Kier alpha value is -1.14. The molecule has 0 saturated carbocycles. The molecule has 0 bridgehead atoms. The lowest BCUT2D eigenvalue weighted by Gasteiger charge is -2.22. The number of nitrogens with one attached hydrogen (secondary N) is 1. The molecular formula is C15H28ClN5O. The maximum atomic E-state index is 12.0. The first-order valence-corrected chi connectivity index (χ1v) is 8.02. The average Bonchev–Trinajstić information content (AvgIpc) is 2.86. The van der Waals surface area contributed by atoms with E-state index >= 15 is 0 Å². The fourth-order valence-corrected chi connectivity index (χ4v) is 2.84. The number of hydrogen-bond acceptors (Lipinski definition) is 4. The lowest BCUT2D eigenvalue weighted by atomic mass is 9.96. The second kappa shape index (κ2) is 8.48. The van der Waals surface area contributed by atoms with Gasteiger partial charge < -0.3 is 15.6 Å². The third-order valence-electron chi connectivity index (χ3n) is 4.09. The highest BCUT2D eigenvalue weighted by Crippen LogP contribution is 2.15. The molecule has 1 atom stereocenters. The minimum atomic E-state index is -0.761. The summed E-state index contributed by atoms with van der Waals surface area (Å²) < 4.78 is 2.23. The van der Waals surface area contributed by atoms with E-state index in [9.17, 15) is 4.79 Å². The van der Waals surface area contributed by atoms with Gasteiger partial charge in [-0.25, -0.2) is 0 Å². The van der Waals surface area contributed by atoms with Crippen molar-refractivity contribution in [3.63, 3.8) is 0 Å². The molecule has 2 rings (SSSR count). The summed E-state index contributed by atoms with van der Waals surface area (Å²) in [6, 6.07) is 0. The van der Waals surface area contributed by atoms with Gasteiger partial charge in [-0.05, 0) is 32.6 Å². The summed E-state index contributed by atoms with van der Waals surface area (Å²) in [7, 11) is 0. The Kier molecular flexibility index (Phi) is 7.29. The third-order valence-corrected chi connectivity index (χ3v) is 4.09. The lowest BCUT2D eigenvalue weighted by molar-refractivity contribution is -0.126. The molecular weight excluding hydrogens is 302 g/mol. The van der Waals surface area contributed by atoms with Crippen molar-refractivity contribution in [1.29, 1.82) is 0 Å². The molecule has 7 heteroatoms. The van der Waals surface area contributed by atoms with Gasteiger partial charge in [0.25, 0.3) is 0 Å². The zero-order valence-corrected chi connectivity index (χ0v) is 14.4. The maximum absolute atomic E-state index is 12.0. The number of fused-ring (bicyclic) bond motifs is 1.